The molecule has 1 heterocycles. The van der Waals surface area contributed by atoms with Gasteiger partial charge in [-0.1, -0.05) is 12.1 Å². The highest BCUT2D eigenvalue weighted by Gasteiger charge is 2.21. The predicted octanol–water partition coefficient (Wildman–Crippen LogP) is 3.87. The molecule has 0 bridgehead atoms. The van der Waals surface area contributed by atoms with Crippen molar-refractivity contribution in [1.82, 2.24) is 4.98 Å². The number of ether oxygens (including phenoxy) is 1. The molecule has 0 unspecified atom stereocenters. The Hall–Kier alpha value is -2.10. The fourth-order valence-electron chi connectivity index (χ4n) is 2.73. The van der Waals surface area contributed by atoms with E-state index in [-0.39, 0.29) is 5.97 Å². The second kappa shape index (κ2) is 6.77. The molecule has 1 aromatic carbocycles. The van der Waals surface area contributed by atoms with Crippen LogP contribution in [0.15, 0.2) is 18.3 Å². The van der Waals surface area contributed by atoms with Crippen LogP contribution in [0.5, 0.6) is 0 Å². The molecule has 0 spiro atoms. The molecule has 0 N–H and O–H groups in total. The summed E-state index contributed by atoms with van der Waals surface area (Å²) in [6.07, 6.45) is 1.65. The third-order valence-corrected chi connectivity index (χ3v) is 4.11. The number of benzene rings is 1. The van der Waals surface area contributed by atoms with Gasteiger partial charge in [0.25, 0.3) is 0 Å². The molecule has 4 heteroatoms. The maximum absolute atomic E-state index is 12.3. The van der Waals surface area contributed by atoms with Gasteiger partial charge in [0, 0.05) is 24.7 Å². The highest BCUT2D eigenvalue weighted by molar-refractivity contribution is 6.06. The van der Waals surface area contributed by atoms with Gasteiger partial charge < -0.3 is 9.64 Å². The second-order valence-electron chi connectivity index (χ2n) is 5.32. The summed E-state index contributed by atoms with van der Waals surface area (Å²) in [5, 5.41) is 1.01. The van der Waals surface area contributed by atoms with Crippen LogP contribution in [0.2, 0.25) is 0 Å². The van der Waals surface area contributed by atoms with Gasteiger partial charge in [-0.25, -0.2) is 4.79 Å². The van der Waals surface area contributed by atoms with Gasteiger partial charge in [0.15, 0.2) is 0 Å². The van der Waals surface area contributed by atoms with E-state index in [0.717, 1.165) is 35.2 Å². The Morgan fingerprint density at radius 2 is 1.86 bits per heavy atom. The van der Waals surface area contributed by atoms with Crippen molar-refractivity contribution in [3.05, 3.63) is 35.0 Å². The van der Waals surface area contributed by atoms with E-state index in [0.29, 0.717) is 12.2 Å². The number of anilines is 1. The first-order valence-electron chi connectivity index (χ1n) is 7.86. The molecule has 0 aliphatic rings. The molecule has 118 valence electrons. The Bertz CT molecular complexity index is 691. The lowest BCUT2D eigenvalue weighted by Crippen LogP contribution is -2.25. The van der Waals surface area contributed by atoms with Crippen molar-refractivity contribution in [3.8, 4) is 0 Å². The third kappa shape index (κ3) is 2.78. The van der Waals surface area contributed by atoms with Gasteiger partial charge in [0.05, 0.1) is 17.8 Å². The number of fused-ring (bicyclic) bond motifs is 1. The van der Waals surface area contributed by atoms with Gasteiger partial charge in [-0.05, 0) is 45.7 Å². The van der Waals surface area contributed by atoms with E-state index in [1.807, 2.05) is 6.92 Å². The van der Waals surface area contributed by atoms with Crippen molar-refractivity contribution < 1.29 is 9.53 Å². The Balaban J connectivity index is 2.78. The van der Waals surface area contributed by atoms with E-state index in [9.17, 15) is 4.79 Å². The van der Waals surface area contributed by atoms with Gasteiger partial charge in [-0.2, -0.15) is 0 Å². The zero-order chi connectivity index (χ0) is 16.3. The number of esters is 1. The van der Waals surface area contributed by atoms with E-state index >= 15 is 0 Å². The zero-order valence-corrected chi connectivity index (χ0v) is 14.1. The molecule has 0 aliphatic heterocycles. The summed E-state index contributed by atoms with van der Waals surface area (Å²) in [6, 6.07) is 4.14. The van der Waals surface area contributed by atoms with Crippen LogP contribution in [0.25, 0.3) is 10.9 Å². The van der Waals surface area contributed by atoms with Crippen LogP contribution in [-0.4, -0.2) is 30.6 Å². The van der Waals surface area contributed by atoms with Crippen LogP contribution in [0, 0.1) is 13.8 Å². The molecular formula is C18H24N2O2. The van der Waals surface area contributed by atoms with Crippen LogP contribution in [0.3, 0.4) is 0 Å². The Morgan fingerprint density at radius 3 is 2.45 bits per heavy atom. The van der Waals surface area contributed by atoms with Crippen molar-refractivity contribution in [3.63, 3.8) is 0 Å². The second-order valence-corrected chi connectivity index (χ2v) is 5.32. The highest BCUT2D eigenvalue weighted by Crippen LogP contribution is 2.32. The summed E-state index contributed by atoms with van der Waals surface area (Å²) < 4.78 is 5.21. The molecule has 2 rings (SSSR count). The van der Waals surface area contributed by atoms with Gasteiger partial charge >= 0.3 is 5.97 Å². The van der Waals surface area contributed by atoms with Gasteiger partial charge in [-0.3, -0.25) is 4.98 Å². The fraction of sp³-hybridized carbons (Fsp3) is 0.444. The molecule has 0 aliphatic carbocycles. The lowest BCUT2D eigenvalue weighted by molar-refractivity contribution is 0.0527. The summed E-state index contributed by atoms with van der Waals surface area (Å²) >= 11 is 0. The number of carbonyl (C=O) groups excluding carboxylic acids is 1. The molecule has 0 fully saturated rings. The Morgan fingerprint density at radius 1 is 1.18 bits per heavy atom. The smallest absolute Gasteiger partial charge is 0.341 e. The number of carbonyl (C=O) groups is 1. The molecule has 0 saturated heterocycles. The van der Waals surface area contributed by atoms with Crippen molar-refractivity contribution in [2.75, 3.05) is 24.6 Å². The molecule has 1 aromatic heterocycles. The van der Waals surface area contributed by atoms with Gasteiger partial charge in [0.2, 0.25) is 0 Å². The van der Waals surface area contributed by atoms with Crippen LogP contribution in [0.1, 0.15) is 42.3 Å². The molecule has 0 saturated carbocycles. The Kier molecular flexibility index (Phi) is 5.01. The van der Waals surface area contributed by atoms with E-state index in [2.05, 4.69) is 49.7 Å². The number of nitrogens with zero attached hydrogens (tertiary/aromatic N) is 2. The number of rotatable bonds is 5. The number of pyridine rings is 1. The van der Waals surface area contributed by atoms with Gasteiger partial charge in [-0.15, -0.1) is 0 Å². The standard InChI is InChI=1S/C18H24N2O2/c1-6-20(7-2)17-14-10-9-12(4)13(5)16(14)19-11-15(17)18(21)22-8-3/h9-11H,6-8H2,1-5H3. The first-order chi connectivity index (χ1) is 10.5. The minimum atomic E-state index is -0.308. The summed E-state index contributed by atoms with van der Waals surface area (Å²) in [6.45, 7) is 12.2. The van der Waals surface area contributed by atoms with E-state index < -0.39 is 0 Å². The number of aromatic nitrogens is 1. The summed E-state index contributed by atoms with van der Waals surface area (Å²) in [5.74, 6) is -0.308. The molecule has 4 nitrogen and oxygen atoms in total. The maximum atomic E-state index is 12.3. The number of aryl methyl sites for hydroxylation is 2. The van der Waals surface area contributed by atoms with Crippen molar-refractivity contribution in [2.24, 2.45) is 0 Å². The van der Waals surface area contributed by atoms with Crippen LogP contribution >= 0.6 is 0 Å². The van der Waals surface area contributed by atoms with Crippen molar-refractivity contribution in [1.29, 1.82) is 0 Å². The van der Waals surface area contributed by atoms with Gasteiger partial charge in [0.1, 0.15) is 5.56 Å². The summed E-state index contributed by atoms with van der Waals surface area (Å²) in [7, 11) is 0. The SMILES string of the molecule is CCOC(=O)c1cnc2c(C)c(C)ccc2c1N(CC)CC. The third-order valence-electron chi connectivity index (χ3n) is 4.11. The van der Waals surface area contributed by atoms with Crippen LogP contribution in [0.4, 0.5) is 5.69 Å². The monoisotopic (exact) mass is 300 g/mol. The van der Waals surface area contributed by atoms with Crippen molar-refractivity contribution in [2.45, 2.75) is 34.6 Å². The zero-order valence-electron chi connectivity index (χ0n) is 14.1. The van der Waals surface area contributed by atoms with Crippen LogP contribution < -0.4 is 4.90 Å². The molecule has 2 aromatic rings. The van der Waals surface area contributed by atoms with E-state index in [1.165, 1.54) is 5.56 Å². The van der Waals surface area contributed by atoms with E-state index in [4.69, 9.17) is 4.74 Å². The fourth-order valence-corrected chi connectivity index (χ4v) is 2.73. The predicted molar refractivity (Wildman–Crippen MR) is 90.7 cm³/mol. The average molecular weight is 300 g/mol. The number of hydrogen-bond donors (Lipinski definition) is 0. The first kappa shape index (κ1) is 16.3. The minimum Gasteiger partial charge on any atom is -0.462 e. The summed E-state index contributed by atoms with van der Waals surface area (Å²) in [4.78, 5) is 19.0. The molecule has 22 heavy (non-hydrogen) atoms. The molecule has 0 radical (unpaired) electrons. The largest absolute Gasteiger partial charge is 0.462 e. The van der Waals surface area contributed by atoms with Crippen molar-refractivity contribution >= 4 is 22.6 Å². The Labute approximate surface area is 132 Å². The summed E-state index contributed by atoms with van der Waals surface area (Å²) in [5.41, 5.74) is 4.78. The topological polar surface area (TPSA) is 42.4 Å². The first-order valence-corrected chi connectivity index (χ1v) is 7.86. The lowest BCUT2D eigenvalue weighted by atomic mass is 10.0. The molecule has 0 atom stereocenters. The normalized spacial score (nSPS) is 10.8. The average Bonchev–Trinajstić information content (AvgIpc) is 2.52. The highest BCUT2D eigenvalue weighted by atomic mass is 16.5. The van der Waals surface area contributed by atoms with E-state index in [1.54, 1.807) is 6.20 Å². The molecule has 0 amide bonds. The molecular weight excluding hydrogens is 276 g/mol. The van der Waals surface area contributed by atoms with Crippen LogP contribution in [-0.2, 0) is 4.74 Å². The maximum Gasteiger partial charge on any atom is 0.341 e. The minimum absolute atomic E-state index is 0.308. The number of hydrogen-bond acceptors (Lipinski definition) is 4. The lowest BCUT2D eigenvalue weighted by Gasteiger charge is -2.25. The quantitative estimate of drug-likeness (QED) is 0.786.